The predicted molar refractivity (Wildman–Crippen MR) is 86.6 cm³/mol. The zero-order valence-corrected chi connectivity index (χ0v) is 14.7. The number of β-lactam (4-membered cyclic amide) rings is 1. The third-order valence-corrected chi connectivity index (χ3v) is 8.21. The molecule has 4 heterocycles. The second-order valence-electron chi connectivity index (χ2n) is 6.83. The first-order valence-corrected chi connectivity index (χ1v) is 9.40. The Hall–Kier alpha value is -0.780. The molecule has 1 amide bonds. The lowest BCUT2D eigenvalue weighted by atomic mass is 9.86. The van der Waals surface area contributed by atoms with Crippen molar-refractivity contribution in [2.75, 3.05) is 6.54 Å². The summed E-state index contributed by atoms with van der Waals surface area (Å²) in [5.41, 5.74) is -2.82. The van der Waals surface area contributed by atoms with Crippen molar-refractivity contribution >= 4 is 35.4 Å². The molecular weight excluding hydrogens is 356 g/mol. The fourth-order valence-corrected chi connectivity index (χ4v) is 7.07. The first kappa shape index (κ1) is 16.7. The summed E-state index contributed by atoms with van der Waals surface area (Å²) >= 11 is 2.49. The maximum atomic E-state index is 12.2. The standard InChI is InChI=1S/C14H18N2O6S2/c1-5(17)14(22)11(20)16-8(9(18)19)10(24-12(14)16)23-6-3-7-13(2,21)15(7)4-6/h5-7,12,17,21-22H,3-4H2,1-2H3,(H,18,19)/t5-,6?,7?,12-,13?,14-,15?/m1/s1. The van der Waals surface area contributed by atoms with Crippen LogP contribution in [0.5, 0.6) is 0 Å². The lowest BCUT2D eigenvalue weighted by Crippen LogP contribution is -2.75. The highest BCUT2D eigenvalue weighted by Crippen LogP contribution is 2.58. The van der Waals surface area contributed by atoms with E-state index in [9.17, 15) is 30.0 Å². The number of aliphatic hydroxyl groups excluding tert-OH is 1. The molecule has 0 aromatic heterocycles. The molecule has 4 aliphatic heterocycles. The van der Waals surface area contributed by atoms with Crippen LogP contribution in [0.25, 0.3) is 0 Å². The van der Waals surface area contributed by atoms with E-state index in [1.165, 1.54) is 18.7 Å². The number of hydrogen-bond acceptors (Lipinski definition) is 8. The van der Waals surface area contributed by atoms with Gasteiger partial charge in [-0.1, -0.05) is 11.8 Å². The number of carboxylic acids is 1. The van der Waals surface area contributed by atoms with Crippen molar-refractivity contribution in [2.24, 2.45) is 0 Å². The molecule has 3 fully saturated rings. The first-order valence-electron chi connectivity index (χ1n) is 7.64. The summed E-state index contributed by atoms with van der Waals surface area (Å²) in [7, 11) is 0. The Morgan fingerprint density at radius 3 is 2.62 bits per heavy atom. The summed E-state index contributed by atoms with van der Waals surface area (Å²) in [6.07, 6.45) is -0.535. The van der Waals surface area contributed by atoms with Crippen molar-refractivity contribution in [1.82, 2.24) is 9.80 Å². The van der Waals surface area contributed by atoms with Crippen molar-refractivity contribution < 1.29 is 30.0 Å². The average Bonchev–Trinajstić information content (AvgIpc) is 2.91. The van der Waals surface area contributed by atoms with Gasteiger partial charge in [-0.2, -0.15) is 0 Å². The maximum Gasteiger partial charge on any atom is 0.354 e. The zero-order valence-electron chi connectivity index (χ0n) is 13.0. The monoisotopic (exact) mass is 374 g/mol. The Morgan fingerprint density at radius 2 is 2.12 bits per heavy atom. The molecule has 0 spiro atoms. The van der Waals surface area contributed by atoms with Crippen molar-refractivity contribution in [3.05, 3.63) is 9.93 Å². The highest BCUT2D eigenvalue weighted by Gasteiger charge is 2.69. The molecule has 10 heteroatoms. The lowest BCUT2D eigenvalue weighted by molar-refractivity contribution is -0.193. The summed E-state index contributed by atoms with van der Waals surface area (Å²) in [6, 6.07) is 0.100. The molecule has 0 aromatic rings. The van der Waals surface area contributed by atoms with E-state index >= 15 is 0 Å². The highest BCUT2D eigenvalue weighted by molar-refractivity contribution is 8.23. The normalized spacial score (nSPS) is 47.4. The summed E-state index contributed by atoms with van der Waals surface area (Å²) in [5, 5.41) is 38.9. The molecule has 8 nitrogen and oxygen atoms in total. The van der Waals surface area contributed by atoms with Crippen molar-refractivity contribution in [3.8, 4) is 0 Å². The van der Waals surface area contributed by atoms with E-state index < -0.39 is 34.7 Å². The molecule has 24 heavy (non-hydrogen) atoms. The van der Waals surface area contributed by atoms with Crippen molar-refractivity contribution in [2.45, 2.75) is 54.4 Å². The molecule has 4 rings (SSSR count). The van der Waals surface area contributed by atoms with Gasteiger partial charge in [-0.05, 0) is 20.3 Å². The van der Waals surface area contributed by atoms with Crippen LogP contribution >= 0.6 is 23.5 Å². The van der Waals surface area contributed by atoms with E-state index in [4.69, 9.17) is 0 Å². The predicted octanol–water partition coefficient (Wildman–Crippen LogP) is -0.835. The number of piperidine rings is 1. The van der Waals surface area contributed by atoms with Crippen LogP contribution in [0.2, 0.25) is 0 Å². The van der Waals surface area contributed by atoms with Gasteiger partial charge in [-0.25, -0.2) is 4.79 Å². The fourth-order valence-electron chi connectivity index (χ4n) is 3.77. The lowest BCUT2D eigenvalue weighted by Gasteiger charge is -2.50. The third-order valence-electron chi connectivity index (χ3n) is 5.35. The molecule has 0 bridgehead atoms. The second-order valence-corrected chi connectivity index (χ2v) is 9.49. The molecule has 132 valence electrons. The number of aliphatic carboxylic acids is 1. The minimum atomic E-state index is -1.95. The van der Waals surface area contributed by atoms with E-state index in [1.54, 1.807) is 6.92 Å². The Morgan fingerprint density at radius 1 is 1.46 bits per heavy atom. The summed E-state index contributed by atoms with van der Waals surface area (Å²) in [5.74, 6) is -1.99. The molecule has 4 aliphatic rings. The van der Waals surface area contributed by atoms with Gasteiger partial charge in [0.2, 0.25) is 0 Å². The van der Waals surface area contributed by atoms with E-state index in [-0.39, 0.29) is 17.0 Å². The van der Waals surface area contributed by atoms with Gasteiger partial charge in [0, 0.05) is 11.8 Å². The SMILES string of the molecule is C[C@@H](O)[C@@]1(O)C(=O)N2C(C(=O)O)=C(SC3CC4N(C3)C4(C)O)S[C@@H]21. The largest absolute Gasteiger partial charge is 0.477 e. The minimum Gasteiger partial charge on any atom is -0.477 e. The first-order chi connectivity index (χ1) is 11.1. The molecule has 0 aromatic carbocycles. The van der Waals surface area contributed by atoms with E-state index in [1.807, 2.05) is 4.90 Å². The van der Waals surface area contributed by atoms with Crippen LogP contribution in [-0.2, 0) is 9.59 Å². The number of hydrogen-bond donors (Lipinski definition) is 4. The number of carboxylic acid groups (broad SMARTS) is 1. The van der Waals surface area contributed by atoms with Gasteiger partial charge in [0.1, 0.15) is 11.1 Å². The number of carbonyl (C=O) groups is 2. The zero-order chi connectivity index (χ0) is 17.6. The molecule has 3 saturated heterocycles. The minimum absolute atomic E-state index is 0.100. The molecule has 0 radical (unpaired) electrons. The van der Waals surface area contributed by atoms with E-state index in [0.29, 0.717) is 10.8 Å². The van der Waals surface area contributed by atoms with Crippen molar-refractivity contribution in [1.29, 1.82) is 0 Å². The quantitative estimate of drug-likeness (QED) is 0.369. The molecule has 0 saturated carbocycles. The fraction of sp³-hybridized carbons (Fsp3) is 0.714. The molecule has 4 N–H and O–H groups in total. The van der Waals surface area contributed by atoms with Gasteiger partial charge < -0.3 is 20.4 Å². The Labute approximate surface area is 146 Å². The van der Waals surface area contributed by atoms with E-state index in [0.717, 1.165) is 23.1 Å². The highest BCUT2D eigenvalue weighted by atomic mass is 32.2. The topological polar surface area (TPSA) is 121 Å². The van der Waals surface area contributed by atoms with Gasteiger partial charge in [0.05, 0.1) is 16.4 Å². The summed E-state index contributed by atoms with van der Waals surface area (Å²) in [4.78, 5) is 26.8. The Kier molecular flexibility index (Phi) is 3.40. The van der Waals surface area contributed by atoms with Gasteiger partial charge in [-0.3, -0.25) is 14.6 Å². The van der Waals surface area contributed by atoms with Crippen LogP contribution in [0.15, 0.2) is 9.93 Å². The van der Waals surface area contributed by atoms with Crippen LogP contribution in [-0.4, -0.2) is 82.7 Å². The smallest absolute Gasteiger partial charge is 0.354 e. The second kappa shape index (κ2) is 4.89. The summed E-state index contributed by atoms with van der Waals surface area (Å²) in [6.45, 7) is 3.73. The molecular formula is C14H18N2O6S2. The molecule has 0 aliphatic carbocycles. The van der Waals surface area contributed by atoms with Gasteiger partial charge in [-0.15, -0.1) is 11.8 Å². The van der Waals surface area contributed by atoms with Crippen LogP contribution in [0.4, 0.5) is 0 Å². The van der Waals surface area contributed by atoms with Crippen LogP contribution in [0.3, 0.4) is 0 Å². The number of aliphatic hydroxyl groups is 3. The molecule has 7 atom stereocenters. The Bertz CT molecular complexity index is 666. The number of amides is 1. The number of thioether (sulfide) groups is 2. The number of nitrogens with zero attached hydrogens (tertiary/aromatic N) is 2. The molecule has 4 unspecified atom stereocenters. The average molecular weight is 374 g/mol. The van der Waals surface area contributed by atoms with Gasteiger partial charge in [0.15, 0.2) is 11.3 Å². The number of fused-ring (bicyclic) bond motifs is 2. The number of carbonyl (C=O) groups excluding carboxylic acids is 1. The van der Waals surface area contributed by atoms with Crippen molar-refractivity contribution in [3.63, 3.8) is 0 Å². The van der Waals surface area contributed by atoms with Gasteiger partial charge in [0.25, 0.3) is 5.91 Å². The van der Waals surface area contributed by atoms with Crippen LogP contribution in [0.1, 0.15) is 20.3 Å². The van der Waals surface area contributed by atoms with Crippen LogP contribution < -0.4 is 0 Å². The van der Waals surface area contributed by atoms with E-state index in [2.05, 4.69) is 0 Å². The maximum absolute atomic E-state index is 12.2. The summed E-state index contributed by atoms with van der Waals surface area (Å²) < 4.78 is 0.476. The van der Waals surface area contributed by atoms with Gasteiger partial charge >= 0.3 is 5.97 Å². The number of rotatable bonds is 4. The van der Waals surface area contributed by atoms with Crippen LogP contribution in [0, 0.1) is 0 Å². The third kappa shape index (κ3) is 1.92. The Balaban J connectivity index is 1.53.